The van der Waals surface area contributed by atoms with Gasteiger partial charge in [-0.1, -0.05) is 23.8 Å². The molecule has 0 aromatic carbocycles. The topological polar surface area (TPSA) is 0 Å². The molecule has 0 spiro atoms. The molecule has 1 atom stereocenters. The first-order chi connectivity index (χ1) is 4.68. The zero-order valence-electron chi connectivity index (χ0n) is 6.36. The van der Waals surface area contributed by atoms with Crippen LogP contribution in [0.5, 0.6) is 0 Å². The minimum Gasteiger partial charge on any atom is -0.118 e. The number of hydrogen-bond donors (Lipinski definition) is 0. The van der Waals surface area contributed by atoms with Crippen LogP contribution in [0.3, 0.4) is 0 Å². The third-order valence-corrected chi connectivity index (χ3v) is 2.03. The van der Waals surface area contributed by atoms with E-state index in [0.717, 1.165) is 12.8 Å². The van der Waals surface area contributed by atoms with Crippen molar-refractivity contribution in [3.8, 4) is 0 Å². The summed E-state index contributed by atoms with van der Waals surface area (Å²) in [5.74, 6) is 0. The van der Waals surface area contributed by atoms with Gasteiger partial charge >= 0.3 is 0 Å². The highest BCUT2D eigenvalue weighted by Gasteiger charge is 2.11. The average molecular weight is 157 g/mol. The summed E-state index contributed by atoms with van der Waals surface area (Å²) in [4.78, 5) is 0. The molecule has 0 amide bonds. The Labute approximate surface area is 67.6 Å². The van der Waals surface area contributed by atoms with Crippen molar-refractivity contribution in [3.63, 3.8) is 0 Å². The molecule has 1 aliphatic carbocycles. The van der Waals surface area contributed by atoms with Crippen molar-refractivity contribution < 1.29 is 0 Å². The molecule has 0 aromatic heterocycles. The standard InChI is InChI=1S/C9H13Cl/c1-7(2)5-8-3-4-9(10)6-8/h6,9H,1,3-5H2,2H3. The summed E-state index contributed by atoms with van der Waals surface area (Å²) in [6.45, 7) is 5.92. The predicted octanol–water partition coefficient (Wildman–Crippen LogP) is 3.28. The number of allylic oxidation sites excluding steroid dienone is 3. The summed E-state index contributed by atoms with van der Waals surface area (Å²) in [5, 5.41) is 0.286. The van der Waals surface area contributed by atoms with Crippen molar-refractivity contribution in [3.05, 3.63) is 23.8 Å². The van der Waals surface area contributed by atoms with Crippen LogP contribution >= 0.6 is 11.6 Å². The number of hydrogen-bond acceptors (Lipinski definition) is 0. The molecule has 0 N–H and O–H groups in total. The van der Waals surface area contributed by atoms with E-state index in [9.17, 15) is 0 Å². The Morgan fingerprint density at radius 2 is 2.60 bits per heavy atom. The molecule has 0 heterocycles. The SMILES string of the molecule is C=C(C)CC1=CC(Cl)CC1. The van der Waals surface area contributed by atoms with Crippen molar-refractivity contribution >= 4 is 11.6 Å². The summed E-state index contributed by atoms with van der Waals surface area (Å²) >= 11 is 5.88. The maximum atomic E-state index is 5.88. The third kappa shape index (κ3) is 2.18. The van der Waals surface area contributed by atoms with E-state index in [-0.39, 0.29) is 5.38 Å². The number of alkyl halides is 1. The molecule has 0 saturated carbocycles. The largest absolute Gasteiger partial charge is 0.118 e. The molecule has 1 rings (SSSR count). The second-order valence-electron chi connectivity index (χ2n) is 3.01. The number of halogens is 1. The molecule has 1 aliphatic rings. The molecule has 0 fully saturated rings. The van der Waals surface area contributed by atoms with E-state index in [1.165, 1.54) is 17.6 Å². The van der Waals surface area contributed by atoms with Gasteiger partial charge in [-0.2, -0.15) is 0 Å². The lowest BCUT2D eigenvalue weighted by atomic mass is 10.1. The van der Waals surface area contributed by atoms with Gasteiger partial charge in [0, 0.05) is 0 Å². The van der Waals surface area contributed by atoms with Crippen LogP contribution < -0.4 is 0 Å². The fraction of sp³-hybridized carbons (Fsp3) is 0.556. The Kier molecular flexibility index (Phi) is 2.56. The van der Waals surface area contributed by atoms with Gasteiger partial charge in [-0.15, -0.1) is 11.6 Å². The van der Waals surface area contributed by atoms with E-state index >= 15 is 0 Å². The van der Waals surface area contributed by atoms with Crippen molar-refractivity contribution in [2.24, 2.45) is 0 Å². The van der Waals surface area contributed by atoms with Gasteiger partial charge in [0.2, 0.25) is 0 Å². The molecule has 1 unspecified atom stereocenters. The lowest BCUT2D eigenvalue weighted by Gasteiger charge is -1.97. The first kappa shape index (κ1) is 7.87. The molecule has 0 nitrogen and oxygen atoms in total. The molecular weight excluding hydrogens is 144 g/mol. The van der Waals surface area contributed by atoms with Crippen LogP contribution in [-0.4, -0.2) is 5.38 Å². The lowest BCUT2D eigenvalue weighted by molar-refractivity contribution is 0.889. The first-order valence-electron chi connectivity index (χ1n) is 3.66. The second-order valence-corrected chi connectivity index (χ2v) is 3.57. The first-order valence-corrected chi connectivity index (χ1v) is 4.10. The Morgan fingerprint density at radius 3 is 3.00 bits per heavy atom. The lowest BCUT2D eigenvalue weighted by Crippen LogP contribution is -1.81. The van der Waals surface area contributed by atoms with Gasteiger partial charge in [0.25, 0.3) is 0 Å². The van der Waals surface area contributed by atoms with E-state index in [1.54, 1.807) is 0 Å². The molecule has 1 heteroatoms. The van der Waals surface area contributed by atoms with E-state index in [1.807, 2.05) is 0 Å². The molecular formula is C9H13Cl. The van der Waals surface area contributed by atoms with E-state index in [0.29, 0.717) is 0 Å². The van der Waals surface area contributed by atoms with Crippen LogP contribution in [0.2, 0.25) is 0 Å². The fourth-order valence-corrected chi connectivity index (χ4v) is 1.57. The molecule has 0 saturated heterocycles. The summed E-state index contributed by atoms with van der Waals surface area (Å²) in [6.07, 6.45) is 5.49. The zero-order valence-corrected chi connectivity index (χ0v) is 7.12. The number of rotatable bonds is 2. The Morgan fingerprint density at radius 1 is 1.90 bits per heavy atom. The molecule has 0 radical (unpaired) electrons. The summed E-state index contributed by atoms with van der Waals surface area (Å²) in [5.41, 5.74) is 2.70. The normalized spacial score (nSPS) is 24.6. The van der Waals surface area contributed by atoms with Gasteiger partial charge < -0.3 is 0 Å². The fourth-order valence-electron chi connectivity index (χ4n) is 1.28. The smallest absolute Gasteiger partial charge is 0.0521 e. The van der Waals surface area contributed by atoms with E-state index in [4.69, 9.17) is 11.6 Å². The van der Waals surface area contributed by atoms with Crippen molar-refractivity contribution in [1.29, 1.82) is 0 Å². The van der Waals surface area contributed by atoms with Gasteiger partial charge in [-0.05, 0) is 26.2 Å². The van der Waals surface area contributed by atoms with Crippen LogP contribution in [0.4, 0.5) is 0 Å². The summed E-state index contributed by atoms with van der Waals surface area (Å²) < 4.78 is 0. The third-order valence-electron chi connectivity index (χ3n) is 1.69. The minimum atomic E-state index is 0.286. The molecule has 0 bridgehead atoms. The minimum absolute atomic E-state index is 0.286. The second kappa shape index (κ2) is 3.25. The van der Waals surface area contributed by atoms with E-state index in [2.05, 4.69) is 19.6 Å². The van der Waals surface area contributed by atoms with Gasteiger partial charge in [0.1, 0.15) is 0 Å². The Hall–Kier alpha value is -0.230. The average Bonchev–Trinajstić information content (AvgIpc) is 2.13. The van der Waals surface area contributed by atoms with Crippen LogP contribution in [0.25, 0.3) is 0 Å². The van der Waals surface area contributed by atoms with Gasteiger partial charge in [0.05, 0.1) is 5.38 Å². The van der Waals surface area contributed by atoms with Crippen molar-refractivity contribution in [1.82, 2.24) is 0 Å². The zero-order chi connectivity index (χ0) is 7.56. The maximum absolute atomic E-state index is 5.88. The monoisotopic (exact) mass is 156 g/mol. The van der Waals surface area contributed by atoms with Crippen LogP contribution in [0.1, 0.15) is 26.2 Å². The van der Waals surface area contributed by atoms with Gasteiger partial charge in [-0.3, -0.25) is 0 Å². The quantitative estimate of drug-likeness (QED) is 0.425. The van der Waals surface area contributed by atoms with Crippen molar-refractivity contribution in [2.75, 3.05) is 0 Å². The highest BCUT2D eigenvalue weighted by molar-refractivity contribution is 6.22. The van der Waals surface area contributed by atoms with Gasteiger partial charge in [-0.25, -0.2) is 0 Å². The molecule has 56 valence electrons. The molecule has 10 heavy (non-hydrogen) atoms. The highest BCUT2D eigenvalue weighted by Crippen LogP contribution is 2.26. The molecule has 0 aliphatic heterocycles. The highest BCUT2D eigenvalue weighted by atomic mass is 35.5. The van der Waals surface area contributed by atoms with Crippen molar-refractivity contribution in [2.45, 2.75) is 31.6 Å². The van der Waals surface area contributed by atoms with Crippen LogP contribution in [-0.2, 0) is 0 Å². The van der Waals surface area contributed by atoms with Crippen LogP contribution in [0.15, 0.2) is 23.8 Å². The summed E-state index contributed by atoms with van der Waals surface area (Å²) in [6, 6.07) is 0. The summed E-state index contributed by atoms with van der Waals surface area (Å²) in [7, 11) is 0. The Bertz CT molecular complexity index is 168. The van der Waals surface area contributed by atoms with E-state index < -0.39 is 0 Å². The Balaban J connectivity index is 2.43. The molecule has 0 aromatic rings. The van der Waals surface area contributed by atoms with Gasteiger partial charge in [0.15, 0.2) is 0 Å². The maximum Gasteiger partial charge on any atom is 0.0521 e. The predicted molar refractivity (Wildman–Crippen MR) is 46.4 cm³/mol. The van der Waals surface area contributed by atoms with Crippen LogP contribution in [0, 0.1) is 0 Å².